The molecular weight excluding hydrogens is 324 g/mol. The van der Waals surface area contributed by atoms with Crippen LogP contribution in [0.1, 0.15) is 13.8 Å². The molecule has 0 heterocycles. The molecule has 0 bridgehead atoms. The summed E-state index contributed by atoms with van der Waals surface area (Å²) in [7, 11) is -3.92. The summed E-state index contributed by atoms with van der Waals surface area (Å²) in [5.41, 5.74) is 2.30. The number of rotatable bonds is 6. The van der Waals surface area contributed by atoms with Crippen molar-refractivity contribution in [2.45, 2.75) is 18.7 Å². The van der Waals surface area contributed by atoms with Crippen molar-refractivity contribution in [2.24, 2.45) is 5.10 Å². The Morgan fingerprint density at radius 2 is 1.91 bits per heavy atom. The predicted molar refractivity (Wildman–Crippen MR) is 80.7 cm³/mol. The van der Waals surface area contributed by atoms with Gasteiger partial charge in [0.1, 0.15) is 6.07 Å². The lowest BCUT2D eigenvalue weighted by Gasteiger charge is -2.06. The number of hydrogen-bond donors (Lipinski definition) is 2. The van der Waals surface area contributed by atoms with Crippen molar-refractivity contribution in [3.05, 3.63) is 24.3 Å². The van der Waals surface area contributed by atoms with Gasteiger partial charge in [0.25, 0.3) is 10.0 Å². The van der Waals surface area contributed by atoms with Crippen molar-refractivity contribution in [3.8, 4) is 6.07 Å². The molecule has 10 heteroatoms. The Labute approximate surface area is 133 Å². The van der Waals surface area contributed by atoms with Crippen molar-refractivity contribution in [1.29, 1.82) is 5.26 Å². The maximum Gasteiger partial charge on any atom is 0.369 e. The molecule has 2 N–H and O–H groups in total. The maximum absolute atomic E-state index is 11.7. The lowest BCUT2D eigenvalue weighted by molar-refractivity contribution is -0.134. The average Bonchev–Trinajstić information content (AvgIpc) is 2.47. The zero-order chi connectivity index (χ0) is 17.5. The van der Waals surface area contributed by atoms with Crippen LogP contribution in [0.5, 0.6) is 0 Å². The smallest absolute Gasteiger partial charge is 0.369 e. The van der Waals surface area contributed by atoms with E-state index in [-0.39, 0.29) is 11.5 Å². The van der Waals surface area contributed by atoms with Gasteiger partial charge in [0.05, 0.1) is 17.2 Å². The molecule has 0 aliphatic heterocycles. The topological polar surface area (TPSA) is 138 Å². The Morgan fingerprint density at radius 3 is 2.39 bits per heavy atom. The maximum atomic E-state index is 11.7. The molecule has 0 saturated carbocycles. The second-order valence-corrected chi connectivity index (χ2v) is 5.77. The van der Waals surface area contributed by atoms with Gasteiger partial charge in [0.2, 0.25) is 11.6 Å². The molecule has 1 aromatic carbocycles. The second-order valence-electron chi connectivity index (χ2n) is 4.09. The number of benzene rings is 1. The lowest BCUT2D eigenvalue weighted by Crippen LogP contribution is -2.28. The van der Waals surface area contributed by atoms with Crippen LogP contribution < -0.4 is 10.1 Å². The predicted octanol–water partition coefficient (Wildman–Crippen LogP) is 0.366. The van der Waals surface area contributed by atoms with E-state index in [1.54, 1.807) is 13.0 Å². The SMILES string of the molecule is CCOC(=O)C(C#N)=NNc1ccc(S(=O)(=O)NC(C)=O)cc1. The van der Waals surface area contributed by atoms with Crippen molar-refractivity contribution >= 4 is 33.3 Å². The number of hydrogen-bond acceptors (Lipinski definition) is 8. The summed E-state index contributed by atoms with van der Waals surface area (Å²) >= 11 is 0. The summed E-state index contributed by atoms with van der Waals surface area (Å²) in [4.78, 5) is 22.1. The van der Waals surface area contributed by atoms with Crippen LogP contribution in [-0.4, -0.2) is 32.6 Å². The molecule has 0 atom stereocenters. The van der Waals surface area contributed by atoms with Gasteiger partial charge in [0, 0.05) is 6.92 Å². The van der Waals surface area contributed by atoms with Gasteiger partial charge < -0.3 is 4.74 Å². The highest BCUT2D eigenvalue weighted by Crippen LogP contribution is 2.14. The van der Waals surface area contributed by atoms with Crippen molar-refractivity contribution in [2.75, 3.05) is 12.0 Å². The van der Waals surface area contributed by atoms with E-state index in [1.807, 2.05) is 4.72 Å². The summed E-state index contributed by atoms with van der Waals surface area (Å²) in [5, 5.41) is 12.4. The summed E-state index contributed by atoms with van der Waals surface area (Å²) in [6.45, 7) is 2.78. The van der Waals surface area contributed by atoms with Crippen molar-refractivity contribution in [3.63, 3.8) is 0 Å². The quantitative estimate of drug-likeness (QED) is 0.434. The Kier molecular flexibility index (Phi) is 6.23. The number of nitriles is 1. The third-order valence-corrected chi connectivity index (χ3v) is 3.76. The minimum atomic E-state index is -3.92. The molecule has 0 aromatic heterocycles. The fourth-order valence-electron chi connectivity index (χ4n) is 1.39. The summed E-state index contributed by atoms with van der Waals surface area (Å²) in [6.07, 6.45) is 0. The zero-order valence-corrected chi connectivity index (χ0v) is 13.2. The summed E-state index contributed by atoms with van der Waals surface area (Å²) in [5.74, 6) is -1.57. The molecule has 0 unspecified atom stereocenters. The number of carbonyl (C=O) groups is 2. The number of nitrogens with one attached hydrogen (secondary N) is 2. The number of esters is 1. The van der Waals surface area contributed by atoms with Gasteiger partial charge in [-0.1, -0.05) is 0 Å². The number of carbonyl (C=O) groups excluding carboxylic acids is 2. The van der Waals surface area contributed by atoms with Gasteiger partial charge in [0.15, 0.2) is 0 Å². The Morgan fingerprint density at radius 1 is 1.30 bits per heavy atom. The van der Waals surface area contributed by atoms with Crippen LogP contribution in [0.3, 0.4) is 0 Å². The number of hydrazone groups is 1. The van der Waals surface area contributed by atoms with Crippen LogP contribution in [0.4, 0.5) is 5.69 Å². The van der Waals surface area contributed by atoms with Gasteiger partial charge in [-0.25, -0.2) is 17.9 Å². The van der Waals surface area contributed by atoms with Crippen LogP contribution in [0.2, 0.25) is 0 Å². The molecule has 1 amide bonds. The second kappa shape index (κ2) is 7.90. The van der Waals surface area contributed by atoms with Crippen LogP contribution in [0.15, 0.2) is 34.3 Å². The number of sulfonamides is 1. The molecule has 0 aliphatic rings. The normalized spacial score (nSPS) is 11.3. The third kappa shape index (κ3) is 5.40. The first kappa shape index (κ1) is 18.1. The minimum absolute atomic E-state index is 0.106. The molecule has 0 aliphatic carbocycles. The Hall–Kier alpha value is -2.93. The summed E-state index contributed by atoms with van der Waals surface area (Å²) < 4.78 is 29.9. The molecule has 0 fully saturated rings. The minimum Gasteiger partial charge on any atom is -0.461 e. The average molecular weight is 338 g/mol. The lowest BCUT2D eigenvalue weighted by atomic mass is 10.3. The first-order valence-electron chi connectivity index (χ1n) is 6.34. The highest BCUT2D eigenvalue weighted by Gasteiger charge is 2.15. The highest BCUT2D eigenvalue weighted by molar-refractivity contribution is 7.90. The van der Waals surface area contributed by atoms with E-state index in [1.165, 1.54) is 24.3 Å². The molecule has 122 valence electrons. The van der Waals surface area contributed by atoms with Crippen molar-refractivity contribution < 1.29 is 22.7 Å². The van der Waals surface area contributed by atoms with E-state index in [0.717, 1.165) is 6.92 Å². The van der Waals surface area contributed by atoms with E-state index < -0.39 is 27.6 Å². The van der Waals surface area contributed by atoms with E-state index in [9.17, 15) is 18.0 Å². The van der Waals surface area contributed by atoms with E-state index >= 15 is 0 Å². The monoisotopic (exact) mass is 338 g/mol. The first-order valence-corrected chi connectivity index (χ1v) is 7.83. The fraction of sp³-hybridized carbons (Fsp3) is 0.231. The standard InChI is InChI=1S/C13H14N4O5S/c1-3-22-13(19)12(8-14)16-15-10-4-6-11(7-5-10)23(20,21)17-9(2)18/h4-7,15H,3H2,1-2H3,(H,17,18). The van der Waals surface area contributed by atoms with Crippen LogP contribution >= 0.6 is 0 Å². The van der Waals surface area contributed by atoms with Crippen LogP contribution in [0, 0.1) is 11.3 Å². The molecule has 0 radical (unpaired) electrons. The first-order chi connectivity index (χ1) is 10.8. The number of anilines is 1. The van der Waals surface area contributed by atoms with E-state index in [2.05, 4.69) is 15.3 Å². The third-order valence-electron chi connectivity index (χ3n) is 2.31. The molecule has 9 nitrogen and oxygen atoms in total. The van der Waals surface area contributed by atoms with Gasteiger partial charge in [-0.15, -0.1) is 0 Å². The molecule has 1 aromatic rings. The number of amides is 1. The summed E-state index contributed by atoms with van der Waals surface area (Å²) in [6, 6.07) is 6.77. The van der Waals surface area contributed by atoms with Gasteiger partial charge in [-0.3, -0.25) is 10.2 Å². The van der Waals surface area contributed by atoms with Crippen molar-refractivity contribution in [1.82, 2.24) is 4.72 Å². The molecule has 0 saturated heterocycles. The van der Waals surface area contributed by atoms with Crippen LogP contribution in [-0.2, 0) is 24.3 Å². The van der Waals surface area contributed by atoms with Crippen LogP contribution in [0.25, 0.3) is 0 Å². The van der Waals surface area contributed by atoms with Gasteiger partial charge >= 0.3 is 5.97 Å². The zero-order valence-electron chi connectivity index (χ0n) is 12.4. The van der Waals surface area contributed by atoms with Gasteiger partial charge in [-0.2, -0.15) is 10.4 Å². The molecular formula is C13H14N4O5S. The molecule has 0 spiro atoms. The number of nitrogens with zero attached hydrogens (tertiary/aromatic N) is 2. The molecule has 1 rings (SSSR count). The molecule has 23 heavy (non-hydrogen) atoms. The number of ether oxygens (including phenoxy) is 1. The highest BCUT2D eigenvalue weighted by atomic mass is 32.2. The van der Waals surface area contributed by atoms with Gasteiger partial charge in [-0.05, 0) is 31.2 Å². The largest absolute Gasteiger partial charge is 0.461 e. The Balaban J connectivity index is 2.88. The fourth-order valence-corrected chi connectivity index (χ4v) is 2.38. The Bertz CT molecular complexity index is 763. The van der Waals surface area contributed by atoms with E-state index in [0.29, 0.717) is 5.69 Å². The van der Waals surface area contributed by atoms with E-state index in [4.69, 9.17) is 5.26 Å².